The Hall–Kier alpha value is -2.66. The molecule has 0 amide bonds. The molecule has 4 heterocycles. The average Bonchev–Trinajstić information content (AvgIpc) is 2.89. The lowest BCUT2D eigenvalue weighted by atomic mass is 10.1. The van der Waals surface area contributed by atoms with E-state index < -0.39 is 0 Å². The van der Waals surface area contributed by atoms with Gasteiger partial charge in [-0.3, -0.25) is 9.97 Å². The summed E-state index contributed by atoms with van der Waals surface area (Å²) in [6.45, 7) is 4.16. The predicted molar refractivity (Wildman–Crippen MR) is 93.4 cm³/mol. The summed E-state index contributed by atoms with van der Waals surface area (Å²) in [7, 11) is 0. The molecule has 0 aliphatic carbocycles. The molecular weight excluding hydrogens is 304 g/mol. The van der Waals surface area contributed by atoms with E-state index in [4.69, 9.17) is 9.97 Å². The van der Waals surface area contributed by atoms with Gasteiger partial charge in [-0.1, -0.05) is 12.1 Å². The van der Waals surface area contributed by atoms with Crippen LogP contribution in [0.2, 0.25) is 0 Å². The molecule has 0 aliphatic rings. The molecule has 0 unspecified atom stereocenters. The third-order valence-corrected chi connectivity index (χ3v) is 4.68. The molecule has 0 bridgehead atoms. The Kier molecular flexibility index (Phi) is 3.35. The Bertz CT molecular complexity index is 899. The zero-order valence-corrected chi connectivity index (χ0v) is 13.6. The molecule has 0 aliphatic heterocycles. The molecule has 4 aromatic rings. The van der Waals surface area contributed by atoms with Crippen molar-refractivity contribution < 1.29 is 0 Å². The quantitative estimate of drug-likeness (QED) is 0.548. The van der Waals surface area contributed by atoms with Crippen molar-refractivity contribution in [2.75, 3.05) is 0 Å². The van der Waals surface area contributed by atoms with E-state index in [1.165, 1.54) is 9.75 Å². The highest BCUT2D eigenvalue weighted by Crippen LogP contribution is 2.33. The Morgan fingerprint density at radius 3 is 1.57 bits per heavy atom. The summed E-state index contributed by atoms with van der Waals surface area (Å²) < 4.78 is 0. The zero-order valence-electron chi connectivity index (χ0n) is 12.8. The number of nitrogens with zero attached hydrogens (tertiary/aromatic N) is 4. The van der Waals surface area contributed by atoms with Crippen LogP contribution in [0.25, 0.3) is 33.8 Å². The molecule has 0 spiro atoms. The summed E-state index contributed by atoms with van der Waals surface area (Å²) in [5.41, 5.74) is 5.08. The van der Waals surface area contributed by atoms with E-state index in [2.05, 4.69) is 23.8 Å². The van der Waals surface area contributed by atoms with Gasteiger partial charge in [-0.2, -0.15) is 0 Å². The number of rotatable bonds is 2. The third kappa shape index (κ3) is 2.39. The number of fused-ring (bicyclic) bond motifs is 1. The van der Waals surface area contributed by atoms with E-state index >= 15 is 0 Å². The van der Waals surface area contributed by atoms with E-state index in [9.17, 15) is 0 Å². The SMILES string of the molecule is Cc1sc(C)c2nc(-c3ccccn3)c(-c3ccccn3)nc12. The largest absolute Gasteiger partial charge is 0.255 e. The fourth-order valence-electron chi connectivity index (χ4n) is 2.62. The summed E-state index contributed by atoms with van der Waals surface area (Å²) in [6, 6.07) is 11.6. The summed E-state index contributed by atoms with van der Waals surface area (Å²) in [5, 5.41) is 0. The number of hydrogen-bond donors (Lipinski definition) is 0. The molecule has 4 nitrogen and oxygen atoms in total. The van der Waals surface area contributed by atoms with Gasteiger partial charge >= 0.3 is 0 Å². The summed E-state index contributed by atoms with van der Waals surface area (Å²) in [5.74, 6) is 0. The van der Waals surface area contributed by atoms with Gasteiger partial charge in [0.2, 0.25) is 0 Å². The first-order valence-corrected chi connectivity index (χ1v) is 8.16. The summed E-state index contributed by atoms with van der Waals surface area (Å²) >= 11 is 1.72. The third-order valence-electron chi connectivity index (χ3n) is 3.68. The first kappa shape index (κ1) is 14.0. The first-order valence-electron chi connectivity index (χ1n) is 7.34. The minimum atomic E-state index is 0.776. The van der Waals surface area contributed by atoms with Gasteiger partial charge in [-0.05, 0) is 38.1 Å². The molecule has 4 rings (SSSR count). The van der Waals surface area contributed by atoms with Crippen LogP contribution in [0.15, 0.2) is 48.8 Å². The summed E-state index contributed by atoms with van der Waals surface area (Å²) in [4.78, 5) is 21.0. The van der Waals surface area contributed by atoms with E-state index in [1.54, 1.807) is 23.7 Å². The van der Waals surface area contributed by atoms with E-state index in [-0.39, 0.29) is 0 Å². The molecule has 4 aromatic heterocycles. The van der Waals surface area contributed by atoms with Crippen LogP contribution in [0, 0.1) is 13.8 Å². The molecule has 23 heavy (non-hydrogen) atoms. The maximum atomic E-state index is 4.89. The molecule has 0 radical (unpaired) electrons. The van der Waals surface area contributed by atoms with Crippen molar-refractivity contribution in [2.24, 2.45) is 0 Å². The first-order chi connectivity index (χ1) is 11.2. The second-order valence-electron chi connectivity index (χ2n) is 5.26. The fourth-order valence-corrected chi connectivity index (χ4v) is 3.55. The van der Waals surface area contributed by atoms with Crippen LogP contribution in [0.3, 0.4) is 0 Å². The Morgan fingerprint density at radius 1 is 0.696 bits per heavy atom. The number of hydrogen-bond acceptors (Lipinski definition) is 5. The van der Waals surface area contributed by atoms with Crippen molar-refractivity contribution in [3.8, 4) is 22.8 Å². The number of pyridine rings is 2. The number of aryl methyl sites for hydroxylation is 2. The maximum absolute atomic E-state index is 4.89. The van der Waals surface area contributed by atoms with Crippen LogP contribution in [0.1, 0.15) is 9.75 Å². The van der Waals surface area contributed by atoms with Crippen LogP contribution in [0.4, 0.5) is 0 Å². The van der Waals surface area contributed by atoms with Gasteiger partial charge in [-0.15, -0.1) is 11.3 Å². The second-order valence-corrected chi connectivity index (χ2v) is 6.69. The monoisotopic (exact) mass is 318 g/mol. The highest BCUT2D eigenvalue weighted by molar-refractivity contribution is 7.13. The molecule has 112 valence electrons. The Labute approximate surface area is 137 Å². The molecule has 0 N–H and O–H groups in total. The van der Waals surface area contributed by atoms with Crippen LogP contribution in [-0.4, -0.2) is 19.9 Å². The lowest BCUT2D eigenvalue weighted by molar-refractivity contribution is 1.20. The lowest BCUT2D eigenvalue weighted by Crippen LogP contribution is -1.97. The van der Waals surface area contributed by atoms with Crippen molar-refractivity contribution >= 4 is 22.4 Å². The van der Waals surface area contributed by atoms with Gasteiger partial charge in [0.1, 0.15) is 22.4 Å². The standard InChI is InChI=1S/C18H14N4S/c1-11-15-16(12(2)23-11)22-18(14-8-4-6-10-20-14)17(21-15)13-7-3-5-9-19-13/h3-10H,1-2H3. The van der Waals surface area contributed by atoms with Crippen LogP contribution < -0.4 is 0 Å². The molecule has 0 fully saturated rings. The van der Waals surface area contributed by atoms with Gasteiger partial charge < -0.3 is 0 Å². The maximum Gasteiger partial charge on any atom is 0.117 e. The molecule has 0 atom stereocenters. The van der Waals surface area contributed by atoms with Crippen LogP contribution in [0.5, 0.6) is 0 Å². The van der Waals surface area contributed by atoms with Gasteiger partial charge in [0, 0.05) is 22.1 Å². The molecule has 5 heteroatoms. The number of aromatic nitrogens is 4. The molecule has 0 aromatic carbocycles. The van der Waals surface area contributed by atoms with Gasteiger partial charge in [0.25, 0.3) is 0 Å². The van der Waals surface area contributed by atoms with Gasteiger partial charge in [-0.25, -0.2) is 9.97 Å². The normalized spacial score (nSPS) is 11.0. The van der Waals surface area contributed by atoms with Crippen molar-refractivity contribution in [2.45, 2.75) is 13.8 Å². The average molecular weight is 318 g/mol. The van der Waals surface area contributed by atoms with E-state index in [1.807, 2.05) is 36.4 Å². The smallest absolute Gasteiger partial charge is 0.117 e. The van der Waals surface area contributed by atoms with Crippen molar-refractivity contribution in [1.82, 2.24) is 19.9 Å². The minimum Gasteiger partial charge on any atom is -0.255 e. The molecule has 0 saturated heterocycles. The Balaban J connectivity index is 2.08. The fraction of sp³-hybridized carbons (Fsp3) is 0.111. The highest BCUT2D eigenvalue weighted by Gasteiger charge is 2.18. The van der Waals surface area contributed by atoms with E-state index in [0.29, 0.717) is 0 Å². The molecule has 0 saturated carbocycles. The van der Waals surface area contributed by atoms with Gasteiger partial charge in [0.15, 0.2) is 0 Å². The van der Waals surface area contributed by atoms with Crippen molar-refractivity contribution in [3.05, 3.63) is 58.5 Å². The highest BCUT2D eigenvalue weighted by atomic mass is 32.1. The molecular formula is C18H14N4S. The van der Waals surface area contributed by atoms with Gasteiger partial charge in [0.05, 0.1) is 11.4 Å². The van der Waals surface area contributed by atoms with E-state index in [0.717, 1.165) is 33.8 Å². The Morgan fingerprint density at radius 2 is 1.17 bits per heavy atom. The van der Waals surface area contributed by atoms with Crippen LogP contribution in [-0.2, 0) is 0 Å². The summed E-state index contributed by atoms with van der Waals surface area (Å²) in [6.07, 6.45) is 3.55. The predicted octanol–water partition coefficient (Wildman–Crippen LogP) is 4.43. The second kappa shape index (κ2) is 5.52. The van der Waals surface area contributed by atoms with Crippen molar-refractivity contribution in [1.29, 1.82) is 0 Å². The zero-order chi connectivity index (χ0) is 15.8. The van der Waals surface area contributed by atoms with Crippen LogP contribution >= 0.6 is 11.3 Å². The lowest BCUT2D eigenvalue weighted by Gasteiger charge is -2.08. The topological polar surface area (TPSA) is 51.6 Å². The number of thiophene rings is 1. The minimum absolute atomic E-state index is 0.776. The van der Waals surface area contributed by atoms with Crippen molar-refractivity contribution in [3.63, 3.8) is 0 Å².